The number of imidazole rings is 1. The highest BCUT2D eigenvalue weighted by molar-refractivity contribution is 9.10. The number of ether oxygens (including phenoxy) is 2. The number of hydrogen-bond donors (Lipinski definition) is 1. The maximum absolute atomic E-state index is 11.0. The van der Waals surface area contributed by atoms with E-state index in [1.165, 1.54) is 19.2 Å². The quantitative estimate of drug-likeness (QED) is 0.177. The van der Waals surface area contributed by atoms with Crippen molar-refractivity contribution in [3.05, 3.63) is 91.7 Å². The Bertz CT molecular complexity index is 1470. The molecule has 0 saturated heterocycles. The number of nitrogens with one attached hydrogen (secondary N) is 1. The van der Waals surface area contributed by atoms with E-state index in [-0.39, 0.29) is 12.3 Å². The predicted octanol–water partition coefficient (Wildman–Crippen LogP) is 6.19. The number of nitro benzene ring substituents is 1. The van der Waals surface area contributed by atoms with E-state index in [0.29, 0.717) is 38.5 Å². The third-order valence-electron chi connectivity index (χ3n) is 5.08. The number of aromatic amines is 1. The summed E-state index contributed by atoms with van der Waals surface area (Å²) in [6.45, 7) is 2.11. The van der Waals surface area contributed by atoms with E-state index in [1.807, 2.05) is 25.1 Å². The van der Waals surface area contributed by atoms with Gasteiger partial charge in [0.05, 0.1) is 33.1 Å². The van der Waals surface area contributed by atoms with Crippen LogP contribution in [0.4, 0.5) is 5.69 Å². The van der Waals surface area contributed by atoms with E-state index < -0.39 is 4.92 Å². The third-order valence-corrected chi connectivity index (χ3v) is 5.67. The van der Waals surface area contributed by atoms with Gasteiger partial charge in [-0.1, -0.05) is 18.2 Å². The molecule has 0 unspecified atom stereocenters. The van der Waals surface area contributed by atoms with E-state index in [2.05, 4.69) is 32.0 Å². The van der Waals surface area contributed by atoms with Crippen LogP contribution in [0.1, 0.15) is 22.5 Å². The number of rotatable bonds is 7. The highest BCUT2D eigenvalue weighted by atomic mass is 79.9. The molecule has 9 heteroatoms. The van der Waals surface area contributed by atoms with E-state index >= 15 is 0 Å². The fraction of sp³-hybridized carbons (Fsp3) is 0.120. The van der Waals surface area contributed by atoms with Gasteiger partial charge in [0.1, 0.15) is 18.5 Å². The van der Waals surface area contributed by atoms with Gasteiger partial charge in [-0.25, -0.2) is 4.98 Å². The van der Waals surface area contributed by atoms with Crippen molar-refractivity contribution in [1.29, 1.82) is 5.26 Å². The number of H-pyrrole nitrogens is 1. The molecule has 170 valence electrons. The molecule has 0 aliphatic carbocycles. The lowest BCUT2D eigenvalue weighted by Crippen LogP contribution is -2.00. The van der Waals surface area contributed by atoms with Crippen molar-refractivity contribution < 1.29 is 14.4 Å². The molecule has 0 aliphatic heterocycles. The number of methoxy groups -OCH3 is 1. The molecule has 0 saturated carbocycles. The first-order valence-corrected chi connectivity index (χ1v) is 11.0. The number of aromatic nitrogens is 2. The lowest BCUT2D eigenvalue weighted by molar-refractivity contribution is -0.384. The van der Waals surface area contributed by atoms with Gasteiger partial charge in [-0.05, 0) is 69.9 Å². The Morgan fingerprint density at radius 2 is 2.09 bits per heavy atom. The van der Waals surface area contributed by atoms with Crippen molar-refractivity contribution in [3.63, 3.8) is 0 Å². The molecule has 0 fully saturated rings. The number of nitrogens with zero attached hydrogens (tertiary/aromatic N) is 3. The fourth-order valence-electron chi connectivity index (χ4n) is 3.45. The average Bonchev–Trinajstić information content (AvgIpc) is 3.24. The second-order valence-electron chi connectivity index (χ2n) is 7.53. The molecule has 1 aromatic heterocycles. The first-order valence-electron chi connectivity index (χ1n) is 10.2. The summed E-state index contributed by atoms with van der Waals surface area (Å²) in [5.74, 6) is 1.37. The third kappa shape index (κ3) is 4.92. The van der Waals surface area contributed by atoms with Crippen molar-refractivity contribution in [3.8, 4) is 17.6 Å². The first-order chi connectivity index (χ1) is 16.4. The number of hydrogen-bond acceptors (Lipinski definition) is 6. The van der Waals surface area contributed by atoms with Crippen LogP contribution in [0.2, 0.25) is 0 Å². The SMILES string of the molecule is COc1cc(/C=C(/C#N)c2nc3ccc(C)cc3[nH]2)cc(Br)c1OCc1cccc([N+](=O)[O-])c1. The Morgan fingerprint density at radius 3 is 2.82 bits per heavy atom. The Morgan fingerprint density at radius 1 is 1.26 bits per heavy atom. The van der Waals surface area contributed by atoms with Crippen LogP contribution in [0.5, 0.6) is 11.5 Å². The molecule has 0 aliphatic rings. The van der Waals surface area contributed by atoms with E-state index in [1.54, 1.807) is 30.3 Å². The van der Waals surface area contributed by atoms with Gasteiger partial charge in [-0.15, -0.1) is 0 Å². The maximum Gasteiger partial charge on any atom is 0.269 e. The maximum atomic E-state index is 11.0. The van der Waals surface area contributed by atoms with E-state index in [9.17, 15) is 15.4 Å². The van der Waals surface area contributed by atoms with Crippen LogP contribution >= 0.6 is 15.9 Å². The summed E-state index contributed by atoms with van der Waals surface area (Å²) in [4.78, 5) is 18.3. The molecule has 0 spiro atoms. The molecule has 0 bridgehead atoms. The van der Waals surface area contributed by atoms with Gasteiger partial charge >= 0.3 is 0 Å². The minimum atomic E-state index is -0.447. The minimum Gasteiger partial charge on any atom is -0.493 e. The molecule has 0 amide bonds. The van der Waals surface area contributed by atoms with Crippen LogP contribution in [0.15, 0.2) is 59.1 Å². The monoisotopic (exact) mass is 518 g/mol. The van der Waals surface area contributed by atoms with E-state index in [0.717, 1.165) is 16.6 Å². The zero-order valence-corrected chi connectivity index (χ0v) is 19.9. The number of nitro groups is 1. The largest absolute Gasteiger partial charge is 0.493 e. The second kappa shape index (κ2) is 9.77. The van der Waals surface area contributed by atoms with Crippen molar-refractivity contribution in [1.82, 2.24) is 9.97 Å². The first kappa shape index (κ1) is 23.0. The summed E-state index contributed by atoms with van der Waals surface area (Å²) in [6, 6.07) is 17.9. The Kier molecular flexibility index (Phi) is 6.61. The Hall–Kier alpha value is -4.16. The van der Waals surface area contributed by atoms with Crippen LogP contribution in [0.25, 0.3) is 22.7 Å². The van der Waals surface area contributed by atoms with Crippen molar-refractivity contribution in [2.24, 2.45) is 0 Å². The van der Waals surface area contributed by atoms with Crippen LogP contribution < -0.4 is 9.47 Å². The number of allylic oxidation sites excluding steroid dienone is 1. The summed E-state index contributed by atoms with van der Waals surface area (Å²) in [5.41, 5.74) is 4.47. The fourth-order valence-corrected chi connectivity index (χ4v) is 4.02. The highest BCUT2D eigenvalue weighted by Crippen LogP contribution is 2.38. The van der Waals surface area contributed by atoms with Gasteiger partial charge in [-0.3, -0.25) is 10.1 Å². The average molecular weight is 519 g/mol. The van der Waals surface area contributed by atoms with Crippen molar-refractivity contribution >= 4 is 44.3 Å². The molecule has 8 nitrogen and oxygen atoms in total. The Balaban J connectivity index is 1.62. The number of fused-ring (bicyclic) bond motifs is 1. The summed E-state index contributed by atoms with van der Waals surface area (Å²) in [5, 5.41) is 20.8. The highest BCUT2D eigenvalue weighted by Gasteiger charge is 2.14. The molecule has 4 rings (SSSR count). The van der Waals surface area contributed by atoms with Crippen molar-refractivity contribution in [2.45, 2.75) is 13.5 Å². The molecule has 0 radical (unpaired) electrons. The van der Waals surface area contributed by atoms with Crippen LogP contribution in [0.3, 0.4) is 0 Å². The lowest BCUT2D eigenvalue weighted by atomic mass is 10.1. The van der Waals surface area contributed by atoms with Gasteiger partial charge in [0.15, 0.2) is 11.5 Å². The number of non-ortho nitro benzene ring substituents is 1. The summed E-state index contributed by atoms with van der Waals surface area (Å²) in [7, 11) is 1.52. The topological polar surface area (TPSA) is 114 Å². The standard InChI is InChI=1S/C25H19BrN4O4/c1-15-6-7-21-22(8-15)29-25(28-21)18(13-27)9-17-11-20(26)24(23(12-17)33-2)34-14-16-4-3-5-19(10-16)30(31)32/h3-12H,14H2,1-2H3,(H,28,29)/b18-9-. The molecular weight excluding hydrogens is 500 g/mol. The van der Waals surface area contributed by atoms with Gasteiger partial charge in [-0.2, -0.15) is 5.26 Å². The summed E-state index contributed by atoms with van der Waals surface area (Å²) >= 11 is 3.51. The van der Waals surface area contributed by atoms with Crippen LogP contribution in [0, 0.1) is 28.4 Å². The molecular formula is C25H19BrN4O4. The minimum absolute atomic E-state index is 0.00241. The molecule has 4 aromatic rings. The van der Waals surface area contributed by atoms with Crippen LogP contribution in [-0.4, -0.2) is 22.0 Å². The number of halogens is 1. The van der Waals surface area contributed by atoms with Crippen molar-refractivity contribution in [2.75, 3.05) is 7.11 Å². The molecule has 0 atom stereocenters. The smallest absolute Gasteiger partial charge is 0.269 e. The zero-order chi connectivity index (χ0) is 24.2. The summed E-state index contributed by atoms with van der Waals surface area (Å²) < 4.78 is 12.0. The van der Waals surface area contributed by atoms with E-state index in [4.69, 9.17) is 9.47 Å². The second-order valence-corrected chi connectivity index (χ2v) is 8.38. The van der Waals surface area contributed by atoms with Gasteiger partial charge in [0, 0.05) is 12.1 Å². The molecule has 34 heavy (non-hydrogen) atoms. The van der Waals surface area contributed by atoms with Gasteiger partial charge < -0.3 is 14.5 Å². The van der Waals surface area contributed by atoms with Gasteiger partial charge in [0.2, 0.25) is 0 Å². The number of nitriles is 1. The lowest BCUT2D eigenvalue weighted by Gasteiger charge is -2.14. The normalized spacial score (nSPS) is 11.3. The zero-order valence-electron chi connectivity index (χ0n) is 18.3. The molecule has 1 N–H and O–H groups in total. The molecule has 1 heterocycles. The summed E-state index contributed by atoms with van der Waals surface area (Å²) in [6.07, 6.45) is 1.71. The Labute approximate surface area is 203 Å². The van der Waals surface area contributed by atoms with Gasteiger partial charge in [0.25, 0.3) is 5.69 Å². The molecule has 3 aromatic carbocycles. The predicted molar refractivity (Wildman–Crippen MR) is 132 cm³/mol. The number of benzene rings is 3. The number of aryl methyl sites for hydroxylation is 1. The van der Waals surface area contributed by atoms with Crippen LogP contribution in [-0.2, 0) is 6.61 Å².